The maximum absolute atomic E-state index is 10.3. The standard InChI is InChI=1S/C30H26N2/c31-20-28-26-16-15-22-10-3-5-13-24(22)30(26)27(19-29(28)32-17-6-1-7-18-32)25-14-8-11-21-9-2-4-12-23(21)25/h2-5,8-14,19H,1,6-7,15-18H2. The van der Waals surface area contributed by atoms with Crippen molar-refractivity contribution in [1.82, 2.24) is 0 Å². The highest BCUT2D eigenvalue weighted by atomic mass is 15.1. The third-order valence-corrected chi connectivity index (χ3v) is 7.23. The van der Waals surface area contributed by atoms with E-state index in [-0.39, 0.29) is 0 Å². The molecule has 2 nitrogen and oxygen atoms in total. The van der Waals surface area contributed by atoms with Gasteiger partial charge in [0.2, 0.25) is 0 Å². The van der Waals surface area contributed by atoms with Gasteiger partial charge >= 0.3 is 0 Å². The van der Waals surface area contributed by atoms with E-state index in [1.807, 2.05) is 0 Å². The summed E-state index contributed by atoms with van der Waals surface area (Å²) in [5.41, 5.74) is 9.73. The van der Waals surface area contributed by atoms with Crippen LogP contribution in [0.1, 0.15) is 36.0 Å². The minimum absolute atomic E-state index is 0.889. The Hall–Kier alpha value is -3.57. The van der Waals surface area contributed by atoms with E-state index >= 15 is 0 Å². The number of hydrogen-bond acceptors (Lipinski definition) is 2. The molecule has 0 bridgehead atoms. The van der Waals surface area contributed by atoms with Crippen molar-refractivity contribution in [3.63, 3.8) is 0 Å². The summed E-state index contributed by atoms with van der Waals surface area (Å²) in [6.07, 6.45) is 5.61. The van der Waals surface area contributed by atoms with Crippen molar-refractivity contribution < 1.29 is 0 Å². The van der Waals surface area contributed by atoms with Gasteiger partial charge in [0, 0.05) is 13.1 Å². The Morgan fingerprint density at radius 2 is 1.47 bits per heavy atom. The summed E-state index contributed by atoms with van der Waals surface area (Å²) in [6, 6.07) is 29.0. The molecule has 4 aromatic carbocycles. The number of rotatable bonds is 2. The van der Waals surface area contributed by atoms with E-state index in [2.05, 4.69) is 83.8 Å². The van der Waals surface area contributed by atoms with E-state index in [1.165, 1.54) is 63.4 Å². The van der Waals surface area contributed by atoms with Crippen molar-refractivity contribution >= 4 is 16.5 Å². The average molecular weight is 415 g/mol. The van der Waals surface area contributed by atoms with Gasteiger partial charge in [-0.1, -0.05) is 66.7 Å². The number of anilines is 1. The highest BCUT2D eigenvalue weighted by Crippen LogP contribution is 2.47. The Morgan fingerprint density at radius 3 is 2.34 bits per heavy atom. The molecule has 32 heavy (non-hydrogen) atoms. The van der Waals surface area contributed by atoms with Crippen LogP contribution in [0.15, 0.2) is 72.8 Å². The highest BCUT2D eigenvalue weighted by Gasteiger charge is 2.27. The first-order chi connectivity index (χ1) is 15.8. The van der Waals surface area contributed by atoms with Crippen LogP contribution in [0.3, 0.4) is 0 Å². The number of nitrogens with zero attached hydrogens (tertiary/aromatic N) is 2. The van der Waals surface area contributed by atoms with E-state index in [0.29, 0.717) is 0 Å². The van der Waals surface area contributed by atoms with Crippen molar-refractivity contribution in [3.8, 4) is 28.3 Å². The molecule has 0 atom stereocenters. The lowest BCUT2D eigenvalue weighted by atomic mass is 9.78. The van der Waals surface area contributed by atoms with Crippen LogP contribution in [0.4, 0.5) is 5.69 Å². The van der Waals surface area contributed by atoms with E-state index in [1.54, 1.807) is 0 Å². The smallest absolute Gasteiger partial charge is 0.102 e. The van der Waals surface area contributed by atoms with Crippen LogP contribution in [-0.4, -0.2) is 13.1 Å². The molecule has 0 radical (unpaired) electrons. The maximum Gasteiger partial charge on any atom is 0.102 e. The molecule has 6 rings (SSSR count). The summed E-state index contributed by atoms with van der Waals surface area (Å²) in [6.45, 7) is 2.08. The van der Waals surface area contributed by atoms with E-state index < -0.39 is 0 Å². The van der Waals surface area contributed by atoms with Gasteiger partial charge in [0.15, 0.2) is 0 Å². The fourth-order valence-corrected chi connectivity index (χ4v) is 5.70. The zero-order valence-electron chi connectivity index (χ0n) is 18.3. The number of fused-ring (bicyclic) bond motifs is 4. The molecule has 1 heterocycles. The van der Waals surface area contributed by atoms with Crippen molar-refractivity contribution in [2.24, 2.45) is 0 Å². The van der Waals surface area contributed by atoms with Gasteiger partial charge < -0.3 is 4.90 Å². The first-order valence-electron chi connectivity index (χ1n) is 11.8. The summed E-state index contributed by atoms with van der Waals surface area (Å²) in [5.74, 6) is 0. The number of aryl methyl sites for hydroxylation is 1. The summed E-state index contributed by atoms with van der Waals surface area (Å²) < 4.78 is 0. The molecular formula is C30H26N2. The van der Waals surface area contributed by atoms with Crippen LogP contribution in [0, 0.1) is 11.3 Å². The Bertz CT molecular complexity index is 1360. The van der Waals surface area contributed by atoms with Crippen LogP contribution in [0.25, 0.3) is 33.0 Å². The minimum atomic E-state index is 0.889. The molecular weight excluding hydrogens is 388 g/mol. The molecule has 1 aliphatic heterocycles. The van der Waals surface area contributed by atoms with Gasteiger partial charge in [0.25, 0.3) is 0 Å². The summed E-state index contributed by atoms with van der Waals surface area (Å²) in [5, 5.41) is 12.8. The lowest BCUT2D eigenvalue weighted by Crippen LogP contribution is -2.30. The third kappa shape index (κ3) is 3.00. The van der Waals surface area contributed by atoms with E-state index in [0.717, 1.165) is 37.2 Å². The second-order valence-corrected chi connectivity index (χ2v) is 9.02. The second kappa shape index (κ2) is 7.84. The first kappa shape index (κ1) is 19.1. The number of benzene rings is 4. The first-order valence-corrected chi connectivity index (χ1v) is 11.8. The molecule has 1 fully saturated rings. The van der Waals surface area contributed by atoms with Gasteiger partial charge in [-0.3, -0.25) is 0 Å². The Kier molecular flexibility index (Phi) is 4.69. The largest absolute Gasteiger partial charge is 0.370 e. The predicted molar refractivity (Wildman–Crippen MR) is 133 cm³/mol. The zero-order valence-corrected chi connectivity index (χ0v) is 18.3. The minimum Gasteiger partial charge on any atom is -0.370 e. The van der Waals surface area contributed by atoms with Gasteiger partial charge in [-0.2, -0.15) is 5.26 Å². The highest BCUT2D eigenvalue weighted by molar-refractivity contribution is 6.03. The quantitative estimate of drug-likeness (QED) is 0.349. The van der Waals surface area contributed by atoms with Gasteiger partial charge in [-0.15, -0.1) is 0 Å². The fourth-order valence-electron chi connectivity index (χ4n) is 5.70. The summed E-state index contributed by atoms with van der Waals surface area (Å²) >= 11 is 0. The normalized spacial score (nSPS) is 15.2. The number of hydrogen-bond donors (Lipinski definition) is 0. The molecule has 1 aliphatic carbocycles. The molecule has 0 spiro atoms. The Labute approximate surface area is 189 Å². The van der Waals surface area contributed by atoms with Crippen LogP contribution in [0.5, 0.6) is 0 Å². The van der Waals surface area contributed by atoms with E-state index in [4.69, 9.17) is 0 Å². The summed E-state index contributed by atoms with van der Waals surface area (Å²) in [4.78, 5) is 2.46. The molecule has 2 aliphatic rings. The maximum atomic E-state index is 10.3. The van der Waals surface area contributed by atoms with Crippen molar-refractivity contribution in [3.05, 3.63) is 89.5 Å². The SMILES string of the molecule is N#Cc1c(N2CCCCC2)cc(-c2cccc3ccccc23)c2c1CCc1ccccc1-2. The van der Waals surface area contributed by atoms with E-state index in [9.17, 15) is 5.26 Å². The molecule has 4 aromatic rings. The van der Waals surface area contributed by atoms with Crippen molar-refractivity contribution in [1.29, 1.82) is 5.26 Å². The van der Waals surface area contributed by atoms with Crippen molar-refractivity contribution in [2.75, 3.05) is 18.0 Å². The number of nitriles is 1. The van der Waals surface area contributed by atoms with Gasteiger partial charge in [0.05, 0.1) is 11.3 Å². The molecule has 1 saturated heterocycles. The second-order valence-electron chi connectivity index (χ2n) is 9.02. The lowest BCUT2D eigenvalue weighted by molar-refractivity contribution is 0.577. The lowest BCUT2D eigenvalue weighted by Gasteiger charge is -2.33. The van der Waals surface area contributed by atoms with Crippen molar-refractivity contribution in [2.45, 2.75) is 32.1 Å². The third-order valence-electron chi connectivity index (χ3n) is 7.23. The Balaban J connectivity index is 1.71. The van der Waals surface area contributed by atoms with Gasteiger partial charge in [-0.05, 0) is 82.3 Å². The van der Waals surface area contributed by atoms with Crippen LogP contribution in [0.2, 0.25) is 0 Å². The number of piperidine rings is 1. The molecule has 0 unspecified atom stereocenters. The topological polar surface area (TPSA) is 27.0 Å². The molecule has 0 amide bonds. The molecule has 0 aromatic heterocycles. The van der Waals surface area contributed by atoms with Crippen LogP contribution < -0.4 is 4.90 Å². The molecule has 156 valence electrons. The Morgan fingerprint density at radius 1 is 0.719 bits per heavy atom. The van der Waals surface area contributed by atoms with Gasteiger partial charge in [-0.25, -0.2) is 0 Å². The molecule has 0 saturated carbocycles. The van der Waals surface area contributed by atoms with Crippen LogP contribution >= 0.6 is 0 Å². The monoisotopic (exact) mass is 414 g/mol. The molecule has 0 N–H and O–H groups in total. The van der Waals surface area contributed by atoms with Crippen LogP contribution in [-0.2, 0) is 12.8 Å². The molecule has 2 heteroatoms. The zero-order chi connectivity index (χ0) is 21.5. The average Bonchev–Trinajstić information content (AvgIpc) is 2.87. The fraction of sp³-hybridized carbons (Fsp3) is 0.233. The summed E-state index contributed by atoms with van der Waals surface area (Å²) in [7, 11) is 0. The predicted octanol–water partition coefficient (Wildman–Crippen LogP) is 7.13. The van der Waals surface area contributed by atoms with Gasteiger partial charge in [0.1, 0.15) is 6.07 Å².